The maximum Gasteiger partial charge on any atom is 0.306 e. The van der Waals surface area contributed by atoms with E-state index in [0.29, 0.717) is 19.3 Å². The summed E-state index contributed by atoms with van der Waals surface area (Å²) < 4.78 is 16.9. The van der Waals surface area contributed by atoms with Gasteiger partial charge in [0, 0.05) is 19.3 Å². The van der Waals surface area contributed by atoms with Crippen molar-refractivity contribution in [3.8, 4) is 0 Å². The molecule has 0 spiro atoms. The van der Waals surface area contributed by atoms with Gasteiger partial charge in [-0.05, 0) is 96.3 Å². The Morgan fingerprint density at radius 2 is 0.513 bits per heavy atom. The minimum absolute atomic E-state index is 0.0778. The first-order valence-electron chi connectivity index (χ1n) is 32.2. The molecule has 6 nitrogen and oxygen atoms in total. The number of esters is 3. The molecule has 1 atom stereocenters. The molecule has 0 aromatic carbocycles. The molecule has 0 saturated heterocycles. The monoisotopic (exact) mass is 1060 g/mol. The summed E-state index contributed by atoms with van der Waals surface area (Å²) in [5, 5.41) is 0. The molecule has 6 heteroatoms. The lowest BCUT2D eigenvalue weighted by atomic mass is 10.0. The van der Waals surface area contributed by atoms with Gasteiger partial charge in [-0.25, -0.2) is 0 Å². The number of rotatable bonds is 58. The Morgan fingerprint density at radius 1 is 0.276 bits per heavy atom. The first-order chi connectivity index (χ1) is 37.5. The van der Waals surface area contributed by atoms with E-state index in [1.54, 1.807) is 0 Å². The maximum absolute atomic E-state index is 12.9. The van der Waals surface area contributed by atoms with E-state index < -0.39 is 6.10 Å². The third-order valence-corrected chi connectivity index (χ3v) is 13.8. The van der Waals surface area contributed by atoms with E-state index in [9.17, 15) is 14.4 Å². The lowest BCUT2D eigenvalue weighted by molar-refractivity contribution is -0.167. The number of hydrogen-bond acceptors (Lipinski definition) is 6. The Balaban J connectivity index is 4.16. The molecular formula is C70H120O6. The van der Waals surface area contributed by atoms with Crippen molar-refractivity contribution in [2.75, 3.05) is 13.2 Å². The summed E-state index contributed by atoms with van der Waals surface area (Å²) in [6.07, 6.45) is 85.7. The zero-order chi connectivity index (χ0) is 55.0. The van der Waals surface area contributed by atoms with Gasteiger partial charge in [0.15, 0.2) is 6.10 Å². The summed E-state index contributed by atoms with van der Waals surface area (Å²) in [5.74, 6) is -0.879. The quantitative estimate of drug-likeness (QED) is 0.0261. The van der Waals surface area contributed by atoms with Gasteiger partial charge in [-0.1, -0.05) is 291 Å². The van der Waals surface area contributed by atoms with Crippen molar-refractivity contribution < 1.29 is 28.6 Å². The minimum Gasteiger partial charge on any atom is -0.462 e. The smallest absolute Gasteiger partial charge is 0.306 e. The molecule has 0 aliphatic carbocycles. The largest absolute Gasteiger partial charge is 0.462 e. The van der Waals surface area contributed by atoms with Gasteiger partial charge in [-0.3, -0.25) is 14.4 Å². The van der Waals surface area contributed by atoms with Gasteiger partial charge in [0.1, 0.15) is 13.2 Å². The Morgan fingerprint density at radius 3 is 0.803 bits per heavy atom. The van der Waals surface area contributed by atoms with Crippen LogP contribution in [0.4, 0.5) is 0 Å². The Kier molecular flexibility index (Phi) is 60.8. The fourth-order valence-corrected chi connectivity index (χ4v) is 9.07. The van der Waals surface area contributed by atoms with Gasteiger partial charge in [-0.15, -0.1) is 0 Å². The number of carbonyl (C=O) groups excluding carboxylic acids is 3. The van der Waals surface area contributed by atoms with Crippen LogP contribution >= 0.6 is 0 Å². The average Bonchev–Trinajstić information content (AvgIpc) is 3.42. The number of hydrogen-bond donors (Lipinski definition) is 0. The van der Waals surface area contributed by atoms with E-state index in [2.05, 4.69) is 118 Å². The van der Waals surface area contributed by atoms with Crippen LogP contribution in [0.2, 0.25) is 0 Å². The lowest BCUT2D eigenvalue weighted by Crippen LogP contribution is -2.30. The van der Waals surface area contributed by atoms with E-state index in [1.165, 1.54) is 154 Å². The van der Waals surface area contributed by atoms with E-state index in [-0.39, 0.29) is 31.1 Å². The summed E-state index contributed by atoms with van der Waals surface area (Å²) in [5.41, 5.74) is 0. The van der Waals surface area contributed by atoms with Gasteiger partial charge >= 0.3 is 17.9 Å². The second-order valence-corrected chi connectivity index (χ2v) is 21.3. The molecule has 0 bridgehead atoms. The molecule has 0 N–H and O–H groups in total. The number of ether oxygens (including phenoxy) is 3. The van der Waals surface area contributed by atoms with Gasteiger partial charge < -0.3 is 14.2 Å². The molecule has 0 aromatic rings. The molecule has 0 aromatic heterocycles. The first kappa shape index (κ1) is 72.3. The fraction of sp³-hybridized carbons (Fsp3) is 0.729. The minimum atomic E-state index is -0.780. The predicted molar refractivity (Wildman–Crippen MR) is 330 cm³/mol. The number of carbonyl (C=O) groups is 3. The summed E-state index contributed by atoms with van der Waals surface area (Å²) in [7, 11) is 0. The van der Waals surface area contributed by atoms with Gasteiger partial charge in [0.25, 0.3) is 0 Å². The summed E-state index contributed by atoms with van der Waals surface area (Å²) >= 11 is 0. The molecule has 76 heavy (non-hydrogen) atoms. The van der Waals surface area contributed by atoms with Gasteiger partial charge in [0.05, 0.1) is 0 Å². The molecule has 0 amide bonds. The molecule has 0 saturated carbocycles. The lowest BCUT2D eigenvalue weighted by Gasteiger charge is -2.18. The van der Waals surface area contributed by atoms with E-state index in [4.69, 9.17) is 14.2 Å². The van der Waals surface area contributed by atoms with Crippen molar-refractivity contribution >= 4 is 17.9 Å². The highest BCUT2D eigenvalue weighted by molar-refractivity contribution is 5.71. The molecule has 0 aliphatic heterocycles. The van der Waals surface area contributed by atoms with E-state index in [1.807, 2.05) is 0 Å². The third-order valence-electron chi connectivity index (χ3n) is 13.8. The Bertz CT molecular complexity index is 1490. The van der Waals surface area contributed by atoms with Crippen LogP contribution in [0.25, 0.3) is 0 Å². The van der Waals surface area contributed by atoms with E-state index >= 15 is 0 Å². The molecule has 436 valence electrons. The van der Waals surface area contributed by atoms with Crippen LogP contribution in [0.5, 0.6) is 0 Å². The van der Waals surface area contributed by atoms with Crippen molar-refractivity contribution in [2.45, 2.75) is 316 Å². The van der Waals surface area contributed by atoms with Gasteiger partial charge in [-0.2, -0.15) is 0 Å². The third kappa shape index (κ3) is 61.2. The zero-order valence-electron chi connectivity index (χ0n) is 50.0. The molecule has 0 aliphatic rings. The average molecular weight is 1060 g/mol. The fourth-order valence-electron chi connectivity index (χ4n) is 9.07. The van der Waals surface area contributed by atoms with Crippen LogP contribution in [0.15, 0.2) is 97.2 Å². The molecule has 0 fully saturated rings. The van der Waals surface area contributed by atoms with Crippen LogP contribution in [-0.4, -0.2) is 37.2 Å². The second kappa shape index (κ2) is 63.9. The first-order valence-corrected chi connectivity index (χ1v) is 32.2. The van der Waals surface area contributed by atoms with Crippen molar-refractivity contribution in [3.05, 3.63) is 97.2 Å². The Labute approximate surface area is 470 Å². The second-order valence-electron chi connectivity index (χ2n) is 21.3. The van der Waals surface area contributed by atoms with Crippen molar-refractivity contribution in [1.29, 1.82) is 0 Å². The normalized spacial score (nSPS) is 12.7. The molecule has 1 unspecified atom stereocenters. The van der Waals surface area contributed by atoms with Crippen LogP contribution in [-0.2, 0) is 28.6 Å². The highest BCUT2D eigenvalue weighted by Gasteiger charge is 2.19. The number of allylic oxidation sites excluding steroid dienone is 16. The maximum atomic E-state index is 12.9. The highest BCUT2D eigenvalue weighted by atomic mass is 16.6. The topological polar surface area (TPSA) is 78.9 Å². The summed E-state index contributed by atoms with van der Waals surface area (Å²) in [6.45, 7) is 6.42. The van der Waals surface area contributed by atoms with Crippen molar-refractivity contribution in [2.24, 2.45) is 0 Å². The van der Waals surface area contributed by atoms with E-state index in [0.717, 1.165) is 116 Å². The highest BCUT2D eigenvalue weighted by Crippen LogP contribution is 2.17. The van der Waals surface area contributed by atoms with Crippen LogP contribution < -0.4 is 0 Å². The standard InChI is InChI=1S/C70H120O6/c1-4-7-10-13-16-19-22-24-26-28-29-30-31-32-33-34-35-36-37-38-39-40-41-43-44-46-48-51-54-57-60-63-69(72)75-66-67(65-74-68(71)62-59-56-53-50-21-18-15-12-9-6-3)76-70(73)64-61-58-55-52-49-47-45-42-27-25-23-20-17-14-11-8-5-2/h7-8,10-11,16-17,19-20,24-27,29-30,32-33,67H,4-6,9,12-15,18,21-23,28,31,34-66H2,1-3H3/b10-7-,11-8-,19-16-,20-17-,26-24-,27-25-,30-29-,33-32-. The van der Waals surface area contributed by atoms with Crippen LogP contribution in [0.3, 0.4) is 0 Å². The van der Waals surface area contributed by atoms with Gasteiger partial charge in [0.2, 0.25) is 0 Å². The number of unbranched alkanes of at least 4 members (excludes halogenated alkanes) is 31. The summed E-state index contributed by atoms with van der Waals surface area (Å²) in [6, 6.07) is 0. The molecule has 0 heterocycles. The SMILES string of the molecule is CC/C=C\C/C=C\C/C=C\C/C=C\C/C=C\CCCCCCCCCCCCCCCCCC(=O)OCC(COC(=O)CCCCCCCCCCCC)OC(=O)CCCCCCCCC/C=C\C/C=C\C/C=C\CC. The summed E-state index contributed by atoms with van der Waals surface area (Å²) in [4.78, 5) is 38.2. The van der Waals surface area contributed by atoms with Crippen LogP contribution in [0, 0.1) is 0 Å². The molecule has 0 rings (SSSR count). The molecular weight excluding hydrogens is 937 g/mol. The van der Waals surface area contributed by atoms with Crippen molar-refractivity contribution in [1.82, 2.24) is 0 Å². The Hall–Kier alpha value is -3.67. The van der Waals surface area contributed by atoms with Crippen molar-refractivity contribution in [3.63, 3.8) is 0 Å². The zero-order valence-corrected chi connectivity index (χ0v) is 50.0. The molecule has 0 radical (unpaired) electrons. The predicted octanol–water partition coefficient (Wildman–Crippen LogP) is 22.0. The van der Waals surface area contributed by atoms with Crippen LogP contribution in [0.1, 0.15) is 310 Å².